The molecule has 0 aliphatic rings. The van der Waals surface area contributed by atoms with Gasteiger partial charge in [-0.05, 0) is 74.7 Å². The van der Waals surface area contributed by atoms with Crippen molar-refractivity contribution in [2.24, 2.45) is 10.9 Å². The number of amidine groups is 1. The van der Waals surface area contributed by atoms with Crippen molar-refractivity contribution in [3.05, 3.63) is 94.7 Å². The summed E-state index contributed by atoms with van der Waals surface area (Å²) < 4.78 is 12.8. The Kier molecular flexibility index (Phi) is 10.8. The van der Waals surface area contributed by atoms with Crippen LogP contribution in [0.5, 0.6) is 0 Å². The maximum absolute atomic E-state index is 13.6. The van der Waals surface area contributed by atoms with Gasteiger partial charge in [-0.25, -0.2) is 14.6 Å². The van der Waals surface area contributed by atoms with Gasteiger partial charge in [0.05, 0.1) is 12.6 Å². The fourth-order valence-corrected chi connectivity index (χ4v) is 5.28. The first-order chi connectivity index (χ1) is 20.4. The SMILES string of the molecule is CC(=O)O/N=C(\N)c1ccc(CN(C(=O)OC(C)(C)C)c2cc(C(O[Si](C)(C)C(C)(C)C)c3cccc(C)c3)ccn2)cc1. The van der Waals surface area contributed by atoms with Gasteiger partial charge in [-0.15, -0.1) is 0 Å². The second-order valence-electron chi connectivity index (χ2n) is 13.4. The van der Waals surface area contributed by atoms with Gasteiger partial charge in [0.1, 0.15) is 11.4 Å². The fraction of sp³-hybridized carbons (Fsp3) is 0.412. The number of hydrogen-bond donors (Lipinski definition) is 1. The highest BCUT2D eigenvalue weighted by Crippen LogP contribution is 2.42. The number of carbonyl (C=O) groups excluding carboxylic acids is 2. The molecule has 0 saturated heterocycles. The van der Waals surface area contributed by atoms with E-state index in [1.165, 1.54) is 11.8 Å². The monoisotopic (exact) mass is 618 g/mol. The maximum Gasteiger partial charge on any atom is 0.416 e. The van der Waals surface area contributed by atoms with E-state index in [2.05, 4.69) is 74.0 Å². The normalized spacial score (nSPS) is 13.3. The summed E-state index contributed by atoms with van der Waals surface area (Å²) in [5.41, 5.74) is 9.68. The van der Waals surface area contributed by atoms with Crippen molar-refractivity contribution in [2.45, 2.75) is 91.8 Å². The summed E-state index contributed by atoms with van der Waals surface area (Å²) in [5, 5.41) is 3.63. The van der Waals surface area contributed by atoms with Crippen molar-refractivity contribution in [1.82, 2.24) is 4.98 Å². The standard InChI is InChI=1S/C34H46N4O5Si/c1-23-12-11-13-27(20-23)30(43-44(9,10)34(6,7)8)28-18-19-36-29(21-28)38(32(40)41-33(3,4)5)22-25-14-16-26(17-15-25)31(35)37-42-24(2)39/h11-21,30H,22H2,1-10H3,(H2,35,37). The number of amides is 1. The van der Waals surface area contributed by atoms with E-state index in [0.29, 0.717) is 11.4 Å². The number of carbonyl (C=O) groups is 2. The lowest BCUT2D eigenvalue weighted by Gasteiger charge is -2.39. The average molecular weight is 619 g/mol. The number of ether oxygens (including phenoxy) is 1. The molecule has 0 bridgehead atoms. The Bertz CT molecular complexity index is 1490. The zero-order chi connectivity index (χ0) is 32.9. The minimum Gasteiger partial charge on any atom is -0.443 e. The topological polar surface area (TPSA) is 116 Å². The molecule has 2 aromatic carbocycles. The zero-order valence-corrected chi connectivity index (χ0v) is 28.6. The van der Waals surface area contributed by atoms with Gasteiger partial charge >= 0.3 is 12.1 Å². The summed E-state index contributed by atoms with van der Waals surface area (Å²) in [4.78, 5) is 35.4. The first-order valence-corrected chi connectivity index (χ1v) is 17.6. The van der Waals surface area contributed by atoms with Crippen molar-refractivity contribution in [1.29, 1.82) is 0 Å². The first-order valence-electron chi connectivity index (χ1n) is 14.7. The van der Waals surface area contributed by atoms with E-state index in [1.807, 2.05) is 51.1 Å². The molecule has 0 aliphatic carbocycles. The van der Waals surface area contributed by atoms with Gasteiger partial charge in [0.2, 0.25) is 0 Å². The van der Waals surface area contributed by atoms with Gasteiger partial charge in [-0.2, -0.15) is 0 Å². The average Bonchev–Trinajstić information content (AvgIpc) is 2.92. The van der Waals surface area contributed by atoms with Crippen LogP contribution in [0.2, 0.25) is 18.1 Å². The highest BCUT2D eigenvalue weighted by Gasteiger charge is 2.40. The van der Waals surface area contributed by atoms with E-state index in [4.69, 9.17) is 14.9 Å². The van der Waals surface area contributed by atoms with Gasteiger partial charge in [0.25, 0.3) is 0 Å². The van der Waals surface area contributed by atoms with Gasteiger partial charge in [0.15, 0.2) is 14.2 Å². The molecule has 0 saturated carbocycles. The van der Waals surface area contributed by atoms with Gasteiger partial charge < -0.3 is 19.7 Å². The van der Waals surface area contributed by atoms with Gasteiger partial charge in [-0.1, -0.05) is 80.0 Å². The molecule has 9 nitrogen and oxygen atoms in total. The molecule has 10 heteroatoms. The summed E-state index contributed by atoms with van der Waals surface area (Å²) in [6.45, 7) is 20.1. The lowest BCUT2D eigenvalue weighted by atomic mass is 10.0. The number of oxime groups is 1. The molecule has 0 spiro atoms. The molecule has 2 N–H and O–H groups in total. The Morgan fingerprint density at radius 1 is 0.977 bits per heavy atom. The highest BCUT2D eigenvalue weighted by atomic mass is 28.4. The molecule has 0 aliphatic heterocycles. The number of anilines is 1. The second-order valence-corrected chi connectivity index (χ2v) is 18.2. The van der Waals surface area contributed by atoms with E-state index in [0.717, 1.165) is 22.3 Å². The highest BCUT2D eigenvalue weighted by molar-refractivity contribution is 6.74. The van der Waals surface area contributed by atoms with E-state index in [-0.39, 0.29) is 23.5 Å². The Balaban J connectivity index is 2.05. The predicted molar refractivity (Wildman–Crippen MR) is 177 cm³/mol. The molecule has 1 unspecified atom stereocenters. The molecule has 3 aromatic rings. The second kappa shape index (κ2) is 13.7. The van der Waals surface area contributed by atoms with E-state index in [9.17, 15) is 9.59 Å². The Labute approximate surface area is 262 Å². The van der Waals surface area contributed by atoms with Crippen molar-refractivity contribution in [3.8, 4) is 0 Å². The van der Waals surface area contributed by atoms with E-state index in [1.54, 1.807) is 18.3 Å². The Morgan fingerprint density at radius 3 is 2.18 bits per heavy atom. The van der Waals surface area contributed by atoms with Crippen LogP contribution in [0.15, 0.2) is 72.0 Å². The molecule has 0 fully saturated rings. The van der Waals surface area contributed by atoms with Crippen molar-refractivity contribution in [3.63, 3.8) is 0 Å². The summed E-state index contributed by atoms with van der Waals surface area (Å²) >= 11 is 0. The van der Waals surface area contributed by atoms with Crippen LogP contribution in [0.3, 0.4) is 0 Å². The summed E-state index contributed by atoms with van der Waals surface area (Å²) in [6.07, 6.45) is 0.825. The number of rotatable bonds is 9. The minimum absolute atomic E-state index is 0.00799. The molecule has 1 heterocycles. The smallest absolute Gasteiger partial charge is 0.416 e. The number of pyridine rings is 1. The maximum atomic E-state index is 13.6. The third kappa shape index (κ3) is 9.49. The first kappa shape index (κ1) is 34.5. The van der Waals surface area contributed by atoms with Gasteiger partial charge in [0, 0.05) is 18.7 Å². The van der Waals surface area contributed by atoms with E-state index < -0.39 is 26.0 Å². The van der Waals surface area contributed by atoms with Crippen LogP contribution in [0.25, 0.3) is 0 Å². The molecule has 0 radical (unpaired) electrons. The third-order valence-corrected chi connectivity index (χ3v) is 11.8. The van der Waals surface area contributed by atoms with Crippen LogP contribution in [-0.2, 0) is 25.3 Å². The van der Waals surface area contributed by atoms with Crippen LogP contribution in [0.1, 0.15) is 82.4 Å². The number of aryl methyl sites for hydroxylation is 1. The Morgan fingerprint density at radius 2 is 1.61 bits per heavy atom. The van der Waals surface area contributed by atoms with Crippen LogP contribution in [0.4, 0.5) is 10.6 Å². The molecule has 1 aromatic heterocycles. The van der Waals surface area contributed by atoms with Crippen molar-refractivity contribution >= 4 is 32.0 Å². The summed E-state index contributed by atoms with van der Waals surface area (Å²) in [5.74, 6) is -0.0612. The van der Waals surface area contributed by atoms with Gasteiger partial charge in [-0.3, -0.25) is 4.90 Å². The molecule has 1 atom stereocenters. The number of nitrogens with two attached hydrogens (primary N) is 1. The van der Waals surface area contributed by atoms with Crippen LogP contribution in [0, 0.1) is 6.92 Å². The molecule has 236 valence electrons. The third-order valence-electron chi connectivity index (χ3n) is 7.39. The largest absolute Gasteiger partial charge is 0.443 e. The molecular weight excluding hydrogens is 572 g/mol. The van der Waals surface area contributed by atoms with Crippen LogP contribution >= 0.6 is 0 Å². The lowest BCUT2D eigenvalue weighted by Crippen LogP contribution is -2.42. The number of benzene rings is 2. The summed E-state index contributed by atoms with van der Waals surface area (Å²) in [7, 11) is -2.21. The quantitative estimate of drug-likeness (QED) is 0.0862. The lowest BCUT2D eigenvalue weighted by molar-refractivity contribution is -0.140. The minimum atomic E-state index is -2.21. The zero-order valence-electron chi connectivity index (χ0n) is 27.6. The Hall–Kier alpha value is -4.02. The van der Waals surface area contributed by atoms with Crippen molar-refractivity contribution < 1.29 is 23.6 Å². The number of aromatic nitrogens is 1. The molecule has 1 amide bonds. The fourth-order valence-electron chi connectivity index (χ4n) is 4.06. The predicted octanol–water partition coefficient (Wildman–Crippen LogP) is 7.63. The number of nitrogens with zero attached hydrogens (tertiary/aromatic N) is 3. The molecule has 44 heavy (non-hydrogen) atoms. The van der Waals surface area contributed by atoms with E-state index >= 15 is 0 Å². The van der Waals surface area contributed by atoms with Crippen LogP contribution < -0.4 is 10.6 Å². The molecule has 3 rings (SSSR count). The molecular formula is C34H46N4O5Si. The number of hydrogen-bond acceptors (Lipinski definition) is 7. The van der Waals surface area contributed by atoms with Crippen LogP contribution in [-0.4, -0.2) is 36.8 Å². The summed E-state index contributed by atoms with van der Waals surface area (Å²) in [6, 6.07) is 19.3. The van der Waals surface area contributed by atoms with Crippen molar-refractivity contribution in [2.75, 3.05) is 4.90 Å².